The molecule has 1 rings (SSSR count). The van der Waals surface area contributed by atoms with E-state index < -0.39 is 6.03 Å². The first kappa shape index (κ1) is 8.29. The number of hydrogen-bond acceptors (Lipinski definition) is 3. The van der Waals surface area contributed by atoms with Crippen LogP contribution in [0.25, 0.3) is 0 Å². The number of carbonyl (C=O) groups excluding carboxylic acids is 1. The molecule has 0 aliphatic carbocycles. The summed E-state index contributed by atoms with van der Waals surface area (Å²) >= 11 is 0. The SMILES string of the molecule is NC(=O)NC[C@H]1COCCO1. The molecule has 0 bridgehead atoms. The summed E-state index contributed by atoms with van der Waals surface area (Å²) in [5.41, 5.74) is 4.86. The van der Waals surface area contributed by atoms with Crippen molar-refractivity contribution in [1.82, 2.24) is 5.32 Å². The van der Waals surface area contributed by atoms with Gasteiger partial charge in [0, 0.05) is 6.54 Å². The maximum Gasteiger partial charge on any atom is 0.312 e. The quantitative estimate of drug-likeness (QED) is 0.548. The summed E-state index contributed by atoms with van der Waals surface area (Å²) < 4.78 is 10.3. The highest BCUT2D eigenvalue weighted by molar-refractivity contribution is 5.71. The zero-order valence-corrected chi connectivity index (χ0v) is 6.21. The second-order valence-corrected chi connectivity index (χ2v) is 2.31. The normalized spacial score (nSPS) is 24.5. The van der Waals surface area contributed by atoms with Gasteiger partial charge in [-0.2, -0.15) is 0 Å². The van der Waals surface area contributed by atoms with E-state index in [1.165, 1.54) is 0 Å². The highest BCUT2D eigenvalue weighted by Crippen LogP contribution is 1.98. The monoisotopic (exact) mass is 160 g/mol. The first-order valence-electron chi connectivity index (χ1n) is 3.51. The Balaban J connectivity index is 2.09. The number of amides is 2. The molecule has 64 valence electrons. The second kappa shape index (κ2) is 4.15. The van der Waals surface area contributed by atoms with Crippen LogP contribution in [0.4, 0.5) is 4.79 Å². The zero-order chi connectivity index (χ0) is 8.10. The van der Waals surface area contributed by atoms with E-state index in [0.717, 1.165) is 0 Å². The van der Waals surface area contributed by atoms with Gasteiger partial charge in [0.05, 0.1) is 25.9 Å². The van der Waals surface area contributed by atoms with Gasteiger partial charge in [0.1, 0.15) is 0 Å². The summed E-state index contributed by atoms with van der Waals surface area (Å²) in [6.07, 6.45) is -0.0451. The van der Waals surface area contributed by atoms with Crippen molar-refractivity contribution in [1.29, 1.82) is 0 Å². The van der Waals surface area contributed by atoms with Gasteiger partial charge in [-0.25, -0.2) is 4.79 Å². The predicted molar refractivity (Wildman–Crippen MR) is 38.1 cm³/mol. The van der Waals surface area contributed by atoms with Crippen LogP contribution in [0.3, 0.4) is 0 Å². The fourth-order valence-corrected chi connectivity index (χ4v) is 0.869. The molecule has 2 amide bonds. The van der Waals surface area contributed by atoms with Crippen LogP contribution in [0, 0.1) is 0 Å². The van der Waals surface area contributed by atoms with Crippen LogP contribution in [-0.4, -0.2) is 38.5 Å². The molecule has 0 unspecified atom stereocenters. The Morgan fingerprint density at radius 2 is 2.45 bits per heavy atom. The van der Waals surface area contributed by atoms with Crippen molar-refractivity contribution < 1.29 is 14.3 Å². The Hall–Kier alpha value is -0.810. The topological polar surface area (TPSA) is 73.6 Å². The van der Waals surface area contributed by atoms with Crippen LogP contribution in [0.5, 0.6) is 0 Å². The maximum atomic E-state index is 10.3. The molecule has 0 spiro atoms. The Labute approximate surface area is 64.8 Å². The lowest BCUT2D eigenvalue weighted by Gasteiger charge is -2.22. The van der Waals surface area contributed by atoms with Crippen molar-refractivity contribution in [3.63, 3.8) is 0 Å². The van der Waals surface area contributed by atoms with Gasteiger partial charge in [-0.1, -0.05) is 0 Å². The minimum atomic E-state index is -0.529. The minimum Gasteiger partial charge on any atom is -0.376 e. The number of nitrogens with one attached hydrogen (secondary N) is 1. The fraction of sp³-hybridized carbons (Fsp3) is 0.833. The van der Waals surface area contributed by atoms with Crippen molar-refractivity contribution in [2.75, 3.05) is 26.4 Å². The largest absolute Gasteiger partial charge is 0.376 e. The van der Waals surface area contributed by atoms with Gasteiger partial charge in [-0.3, -0.25) is 0 Å². The lowest BCUT2D eigenvalue weighted by Crippen LogP contribution is -2.41. The molecule has 5 heteroatoms. The van der Waals surface area contributed by atoms with Crippen molar-refractivity contribution in [3.05, 3.63) is 0 Å². The van der Waals surface area contributed by atoms with Gasteiger partial charge in [0.25, 0.3) is 0 Å². The van der Waals surface area contributed by atoms with Gasteiger partial charge in [-0.05, 0) is 0 Å². The van der Waals surface area contributed by atoms with Crippen LogP contribution >= 0.6 is 0 Å². The Morgan fingerprint density at radius 1 is 1.64 bits per heavy atom. The lowest BCUT2D eigenvalue weighted by atomic mass is 10.3. The Morgan fingerprint density at radius 3 is 3.00 bits per heavy atom. The van der Waals surface area contributed by atoms with Crippen LogP contribution in [0.1, 0.15) is 0 Å². The van der Waals surface area contributed by atoms with Gasteiger partial charge >= 0.3 is 6.03 Å². The molecule has 0 aromatic carbocycles. The fourth-order valence-electron chi connectivity index (χ4n) is 0.869. The summed E-state index contributed by atoms with van der Waals surface area (Å²) in [5.74, 6) is 0. The summed E-state index contributed by atoms with van der Waals surface area (Å²) in [6, 6.07) is -0.529. The van der Waals surface area contributed by atoms with Crippen molar-refractivity contribution in [3.8, 4) is 0 Å². The van der Waals surface area contributed by atoms with E-state index in [4.69, 9.17) is 15.2 Å². The van der Waals surface area contributed by atoms with E-state index in [9.17, 15) is 4.79 Å². The molecule has 1 saturated heterocycles. The first-order valence-corrected chi connectivity index (χ1v) is 3.51. The number of rotatable bonds is 2. The van der Waals surface area contributed by atoms with E-state index >= 15 is 0 Å². The lowest BCUT2D eigenvalue weighted by molar-refractivity contribution is -0.0853. The van der Waals surface area contributed by atoms with E-state index in [-0.39, 0.29) is 6.10 Å². The number of nitrogens with two attached hydrogens (primary N) is 1. The zero-order valence-electron chi connectivity index (χ0n) is 6.21. The van der Waals surface area contributed by atoms with Crippen LogP contribution in [0.2, 0.25) is 0 Å². The van der Waals surface area contributed by atoms with Crippen LogP contribution in [0.15, 0.2) is 0 Å². The molecule has 1 atom stereocenters. The van der Waals surface area contributed by atoms with Crippen LogP contribution in [-0.2, 0) is 9.47 Å². The number of carbonyl (C=O) groups is 1. The Kier molecular flexibility index (Phi) is 3.13. The molecule has 0 aromatic heterocycles. The van der Waals surface area contributed by atoms with Crippen LogP contribution < -0.4 is 11.1 Å². The number of urea groups is 1. The van der Waals surface area contributed by atoms with Gasteiger partial charge in [0.15, 0.2) is 0 Å². The third-order valence-corrected chi connectivity index (χ3v) is 1.39. The molecule has 0 radical (unpaired) electrons. The standard InChI is InChI=1S/C6H12N2O3/c7-6(9)8-3-5-4-10-1-2-11-5/h5H,1-4H2,(H3,7,8,9)/t5-/m0/s1. The molecule has 0 aromatic rings. The Bertz CT molecular complexity index is 134. The molecule has 0 saturated carbocycles. The van der Waals surface area contributed by atoms with E-state index in [1.54, 1.807) is 0 Å². The molecule has 3 N–H and O–H groups in total. The van der Waals surface area contributed by atoms with Crippen molar-refractivity contribution in [2.24, 2.45) is 5.73 Å². The molecule has 1 heterocycles. The van der Waals surface area contributed by atoms with Gasteiger partial charge < -0.3 is 20.5 Å². The summed E-state index contributed by atoms with van der Waals surface area (Å²) in [6.45, 7) is 2.17. The second-order valence-electron chi connectivity index (χ2n) is 2.31. The summed E-state index contributed by atoms with van der Waals surface area (Å²) in [4.78, 5) is 10.3. The number of hydrogen-bond donors (Lipinski definition) is 2. The average Bonchev–Trinajstić information content (AvgIpc) is 2.03. The predicted octanol–water partition coefficient (Wildman–Crippen LogP) is -0.930. The summed E-state index contributed by atoms with van der Waals surface area (Å²) in [7, 11) is 0. The maximum absolute atomic E-state index is 10.3. The number of primary amides is 1. The first-order chi connectivity index (χ1) is 5.29. The van der Waals surface area contributed by atoms with Gasteiger partial charge in [0.2, 0.25) is 0 Å². The van der Waals surface area contributed by atoms with E-state index in [2.05, 4.69) is 5.32 Å². The average molecular weight is 160 g/mol. The van der Waals surface area contributed by atoms with E-state index in [1.807, 2.05) is 0 Å². The van der Waals surface area contributed by atoms with Gasteiger partial charge in [-0.15, -0.1) is 0 Å². The molecule has 5 nitrogen and oxygen atoms in total. The number of ether oxygens (including phenoxy) is 2. The highest BCUT2D eigenvalue weighted by Gasteiger charge is 2.13. The molecular formula is C6H12N2O3. The molecule has 11 heavy (non-hydrogen) atoms. The third-order valence-electron chi connectivity index (χ3n) is 1.39. The summed E-state index contributed by atoms with van der Waals surface area (Å²) in [5, 5.41) is 2.45. The molecule has 1 fully saturated rings. The molecule has 1 aliphatic heterocycles. The van der Waals surface area contributed by atoms with Crippen molar-refractivity contribution in [2.45, 2.75) is 6.10 Å². The van der Waals surface area contributed by atoms with E-state index in [0.29, 0.717) is 26.4 Å². The minimum absolute atomic E-state index is 0.0451. The molecule has 1 aliphatic rings. The highest BCUT2D eigenvalue weighted by atomic mass is 16.6. The molecular weight excluding hydrogens is 148 g/mol. The third kappa shape index (κ3) is 3.20. The smallest absolute Gasteiger partial charge is 0.312 e. The van der Waals surface area contributed by atoms with Crippen molar-refractivity contribution >= 4 is 6.03 Å².